The van der Waals surface area contributed by atoms with E-state index in [-0.39, 0.29) is 24.5 Å². The van der Waals surface area contributed by atoms with Gasteiger partial charge in [-0.3, -0.25) is 9.59 Å². The lowest BCUT2D eigenvalue weighted by atomic mass is 10.1. The zero-order chi connectivity index (χ0) is 23.0. The van der Waals surface area contributed by atoms with Gasteiger partial charge >= 0.3 is 0 Å². The van der Waals surface area contributed by atoms with Crippen molar-refractivity contribution in [2.24, 2.45) is 0 Å². The minimum Gasteiger partial charge on any atom is -0.483 e. The van der Waals surface area contributed by atoms with Crippen molar-refractivity contribution in [1.82, 2.24) is 10.2 Å². The second kappa shape index (κ2) is 11.5. The van der Waals surface area contributed by atoms with E-state index in [0.29, 0.717) is 18.7 Å². The molecule has 2 amide bonds. The second-order valence-corrected chi connectivity index (χ2v) is 8.24. The van der Waals surface area contributed by atoms with Gasteiger partial charge in [0.25, 0.3) is 5.91 Å². The topological polar surface area (TPSA) is 58.6 Å². The fourth-order valence-electron chi connectivity index (χ4n) is 3.51. The van der Waals surface area contributed by atoms with Crippen molar-refractivity contribution in [2.45, 2.75) is 73.0 Å². The van der Waals surface area contributed by atoms with Crippen molar-refractivity contribution in [1.29, 1.82) is 0 Å². The maximum Gasteiger partial charge on any atom is 0.261 e. The van der Waals surface area contributed by atoms with Gasteiger partial charge in [-0.05, 0) is 68.9 Å². The third-order valence-corrected chi connectivity index (χ3v) is 5.70. The average molecular weight is 425 g/mol. The average Bonchev–Trinajstić information content (AvgIpc) is 2.75. The number of hydrogen-bond acceptors (Lipinski definition) is 3. The van der Waals surface area contributed by atoms with E-state index in [1.807, 2.05) is 77.9 Å². The fraction of sp³-hybridized carbons (Fsp3) is 0.462. The number of ether oxygens (including phenoxy) is 1. The molecule has 2 rings (SSSR count). The van der Waals surface area contributed by atoms with Crippen LogP contribution in [0.5, 0.6) is 5.75 Å². The maximum atomic E-state index is 13.3. The first kappa shape index (κ1) is 24.4. The van der Waals surface area contributed by atoms with Crippen molar-refractivity contribution in [3.63, 3.8) is 0 Å². The van der Waals surface area contributed by atoms with Crippen LogP contribution in [0.2, 0.25) is 0 Å². The zero-order valence-electron chi connectivity index (χ0n) is 19.7. The Hall–Kier alpha value is -2.82. The molecule has 0 aliphatic rings. The second-order valence-electron chi connectivity index (χ2n) is 8.24. The molecule has 0 unspecified atom stereocenters. The molecule has 0 bridgehead atoms. The summed E-state index contributed by atoms with van der Waals surface area (Å²) in [6, 6.07) is 13.3. The Balaban J connectivity index is 2.24. The van der Waals surface area contributed by atoms with Gasteiger partial charge in [-0.2, -0.15) is 0 Å². The molecule has 0 aromatic heterocycles. The molecule has 2 aromatic carbocycles. The van der Waals surface area contributed by atoms with E-state index >= 15 is 0 Å². The highest BCUT2D eigenvalue weighted by Gasteiger charge is 2.29. The summed E-state index contributed by atoms with van der Waals surface area (Å²) in [4.78, 5) is 27.9. The summed E-state index contributed by atoms with van der Waals surface area (Å²) in [5.74, 6) is 0.389. The highest BCUT2D eigenvalue weighted by molar-refractivity contribution is 5.88. The Kier molecular flexibility index (Phi) is 9.10. The summed E-state index contributed by atoms with van der Waals surface area (Å²) in [5.41, 5.74) is 4.22. The summed E-state index contributed by atoms with van der Waals surface area (Å²) in [5, 5.41) is 3.03. The monoisotopic (exact) mass is 424 g/mol. The molecule has 1 N–H and O–H groups in total. The van der Waals surface area contributed by atoms with Crippen LogP contribution in [-0.4, -0.2) is 35.4 Å². The van der Waals surface area contributed by atoms with Gasteiger partial charge in [0.05, 0.1) is 0 Å². The van der Waals surface area contributed by atoms with Gasteiger partial charge in [0.1, 0.15) is 11.8 Å². The van der Waals surface area contributed by atoms with E-state index in [1.54, 1.807) is 4.90 Å². The van der Waals surface area contributed by atoms with Gasteiger partial charge in [0.15, 0.2) is 6.61 Å². The van der Waals surface area contributed by atoms with E-state index in [2.05, 4.69) is 11.4 Å². The Morgan fingerprint density at radius 1 is 1.03 bits per heavy atom. The van der Waals surface area contributed by atoms with Gasteiger partial charge in [-0.15, -0.1) is 0 Å². The predicted molar refractivity (Wildman–Crippen MR) is 125 cm³/mol. The van der Waals surface area contributed by atoms with Crippen LogP contribution >= 0.6 is 0 Å². The van der Waals surface area contributed by atoms with Crippen LogP contribution < -0.4 is 10.1 Å². The molecule has 0 aliphatic carbocycles. The fourth-order valence-corrected chi connectivity index (χ4v) is 3.51. The highest BCUT2D eigenvalue weighted by atomic mass is 16.5. The smallest absolute Gasteiger partial charge is 0.261 e. The van der Waals surface area contributed by atoms with Gasteiger partial charge in [0.2, 0.25) is 5.91 Å². The van der Waals surface area contributed by atoms with Crippen LogP contribution in [0.3, 0.4) is 0 Å². The molecule has 2 atom stereocenters. The Morgan fingerprint density at radius 2 is 1.71 bits per heavy atom. The van der Waals surface area contributed by atoms with Crippen LogP contribution in [-0.2, 0) is 16.1 Å². The van der Waals surface area contributed by atoms with E-state index in [4.69, 9.17) is 4.74 Å². The highest BCUT2D eigenvalue weighted by Crippen LogP contribution is 2.23. The Labute approximate surface area is 186 Å². The van der Waals surface area contributed by atoms with Crippen molar-refractivity contribution in [3.8, 4) is 5.75 Å². The molecule has 0 radical (unpaired) electrons. The zero-order valence-corrected chi connectivity index (χ0v) is 19.7. The Morgan fingerprint density at radius 3 is 2.32 bits per heavy atom. The van der Waals surface area contributed by atoms with E-state index < -0.39 is 6.04 Å². The van der Waals surface area contributed by atoms with E-state index in [0.717, 1.165) is 28.7 Å². The third kappa shape index (κ3) is 6.84. The molecule has 0 aliphatic heterocycles. The van der Waals surface area contributed by atoms with Gasteiger partial charge in [-0.1, -0.05) is 50.2 Å². The van der Waals surface area contributed by atoms with Crippen LogP contribution in [0.1, 0.15) is 55.9 Å². The molecule has 0 saturated heterocycles. The molecule has 5 heteroatoms. The largest absolute Gasteiger partial charge is 0.483 e. The number of carbonyl (C=O) groups excluding carboxylic acids is 2. The molecule has 5 nitrogen and oxygen atoms in total. The molecular weight excluding hydrogens is 388 g/mol. The summed E-state index contributed by atoms with van der Waals surface area (Å²) >= 11 is 0. The molecule has 31 heavy (non-hydrogen) atoms. The van der Waals surface area contributed by atoms with Gasteiger partial charge in [-0.25, -0.2) is 0 Å². The van der Waals surface area contributed by atoms with Gasteiger partial charge in [0, 0.05) is 12.6 Å². The molecule has 0 heterocycles. The normalized spacial score (nSPS) is 12.7. The van der Waals surface area contributed by atoms with E-state index in [9.17, 15) is 9.59 Å². The predicted octanol–water partition coefficient (Wildman–Crippen LogP) is 4.71. The molecule has 2 aromatic rings. The quantitative estimate of drug-likeness (QED) is 0.601. The summed E-state index contributed by atoms with van der Waals surface area (Å²) in [6.07, 6.45) is 1.37. The summed E-state index contributed by atoms with van der Waals surface area (Å²) in [6.45, 7) is 12.2. The lowest BCUT2D eigenvalue weighted by molar-refractivity contribution is -0.143. The number of nitrogens with zero attached hydrogens (tertiary/aromatic N) is 1. The number of hydrogen-bond donors (Lipinski definition) is 1. The number of amides is 2. The standard InChI is InChI=1S/C26H36N2O3/c1-7-20(5)27-26(30)23(8-2)28(16-22-12-10-9-11-13-22)25(29)17-31-24-15-18(3)14-19(4)21(24)6/h9-15,20,23H,7-8,16-17H2,1-6H3,(H,27,30)/t20-,23-/m1/s1. The SMILES string of the molecule is CC[C@@H](C)NC(=O)[C@@H](CC)N(Cc1ccccc1)C(=O)COc1cc(C)cc(C)c1C. The number of nitrogens with one attached hydrogen (secondary N) is 1. The number of benzene rings is 2. The maximum absolute atomic E-state index is 13.3. The van der Waals surface area contributed by atoms with E-state index in [1.165, 1.54) is 0 Å². The number of carbonyl (C=O) groups is 2. The third-order valence-electron chi connectivity index (χ3n) is 5.70. The summed E-state index contributed by atoms with van der Waals surface area (Å²) < 4.78 is 5.93. The van der Waals surface area contributed by atoms with Crippen molar-refractivity contribution in [2.75, 3.05) is 6.61 Å². The molecule has 168 valence electrons. The van der Waals surface area contributed by atoms with Gasteiger partial charge < -0.3 is 15.0 Å². The lowest BCUT2D eigenvalue weighted by Crippen LogP contribution is -2.51. The minimum absolute atomic E-state index is 0.0596. The number of aryl methyl sites for hydroxylation is 2. The lowest BCUT2D eigenvalue weighted by Gasteiger charge is -2.31. The molecule has 0 fully saturated rings. The first-order valence-electron chi connectivity index (χ1n) is 11.1. The van der Waals surface area contributed by atoms with Crippen LogP contribution in [0.4, 0.5) is 0 Å². The summed E-state index contributed by atoms with van der Waals surface area (Å²) in [7, 11) is 0. The van der Waals surface area contributed by atoms with Crippen molar-refractivity contribution >= 4 is 11.8 Å². The van der Waals surface area contributed by atoms with Crippen molar-refractivity contribution < 1.29 is 14.3 Å². The van der Waals surface area contributed by atoms with Crippen LogP contribution in [0.15, 0.2) is 42.5 Å². The van der Waals surface area contributed by atoms with Crippen molar-refractivity contribution in [3.05, 3.63) is 64.7 Å². The molecular formula is C26H36N2O3. The van der Waals surface area contributed by atoms with Crippen LogP contribution in [0.25, 0.3) is 0 Å². The molecule has 0 spiro atoms. The minimum atomic E-state index is -0.550. The first-order valence-corrected chi connectivity index (χ1v) is 11.1. The van der Waals surface area contributed by atoms with Crippen LogP contribution in [0, 0.1) is 20.8 Å². The number of rotatable bonds is 10. The Bertz CT molecular complexity index is 880. The molecule has 0 saturated carbocycles. The first-order chi connectivity index (χ1) is 14.8.